The SMILES string of the molecule is Cc1c(C(=O)OC(C)C(=O)NCCc2ccccc2)sc2ncn(C)c(=O)c12. The minimum absolute atomic E-state index is 0.218. The molecule has 3 rings (SSSR count). The van der Waals surface area contributed by atoms with Gasteiger partial charge in [0.1, 0.15) is 9.71 Å². The number of nitrogens with one attached hydrogen (secondary N) is 1. The zero-order valence-electron chi connectivity index (χ0n) is 15.9. The summed E-state index contributed by atoms with van der Waals surface area (Å²) in [5.74, 6) is -0.995. The van der Waals surface area contributed by atoms with Crippen molar-refractivity contribution < 1.29 is 14.3 Å². The fraction of sp³-hybridized carbons (Fsp3) is 0.300. The standard InChI is InChI=1S/C20H21N3O4S/c1-12-15-18(22-11-23(3)19(15)25)28-16(12)20(26)27-13(2)17(24)21-10-9-14-7-5-4-6-8-14/h4-8,11,13H,9-10H2,1-3H3,(H,21,24). The van der Waals surface area contributed by atoms with Crippen LogP contribution in [0.3, 0.4) is 0 Å². The molecule has 0 aliphatic carbocycles. The molecule has 0 aliphatic heterocycles. The Kier molecular flexibility index (Phi) is 5.89. The number of carbonyl (C=O) groups excluding carboxylic acids is 2. The summed E-state index contributed by atoms with van der Waals surface area (Å²) in [6, 6.07) is 9.79. The molecule has 28 heavy (non-hydrogen) atoms. The number of rotatable bonds is 6. The molecule has 0 fully saturated rings. The first kappa shape index (κ1) is 19.8. The zero-order chi connectivity index (χ0) is 20.3. The number of carbonyl (C=O) groups is 2. The van der Waals surface area contributed by atoms with Crippen LogP contribution in [-0.4, -0.2) is 34.1 Å². The number of ether oxygens (including phenoxy) is 1. The van der Waals surface area contributed by atoms with Crippen LogP contribution in [0.4, 0.5) is 0 Å². The lowest BCUT2D eigenvalue weighted by Crippen LogP contribution is -2.36. The van der Waals surface area contributed by atoms with Crippen molar-refractivity contribution in [1.29, 1.82) is 0 Å². The summed E-state index contributed by atoms with van der Waals surface area (Å²) >= 11 is 1.09. The highest BCUT2D eigenvalue weighted by atomic mass is 32.1. The average molecular weight is 399 g/mol. The minimum Gasteiger partial charge on any atom is -0.448 e. The van der Waals surface area contributed by atoms with Gasteiger partial charge in [-0.3, -0.25) is 9.59 Å². The molecule has 0 bridgehead atoms. The lowest BCUT2D eigenvalue weighted by Gasteiger charge is -2.13. The Bertz CT molecular complexity index is 1070. The number of thiophene rings is 1. The first-order valence-corrected chi connectivity index (χ1v) is 9.67. The second-order valence-electron chi connectivity index (χ2n) is 6.47. The van der Waals surface area contributed by atoms with Crippen molar-refractivity contribution in [3.63, 3.8) is 0 Å². The van der Waals surface area contributed by atoms with Crippen LogP contribution < -0.4 is 10.9 Å². The van der Waals surface area contributed by atoms with E-state index in [4.69, 9.17) is 4.74 Å². The Hall–Kier alpha value is -3.00. The van der Waals surface area contributed by atoms with E-state index in [1.165, 1.54) is 17.8 Å². The van der Waals surface area contributed by atoms with Crippen molar-refractivity contribution in [2.45, 2.75) is 26.4 Å². The molecule has 1 N–H and O–H groups in total. The highest BCUT2D eigenvalue weighted by Gasteiger charge is 2.24. The van der Waals surface area contributed by atoms with Gasteiger partial charge in [0.05, 0.1) is 11.7 Å². The molecular formula is C20H21N3O4S. The van der Waals surface area contributed by atoms with E-state index in [2.05, 4.69) is 10.3 Å². The minimum atomic E-state index is -0.941. The number of benzene rings is 1. The number of esters is 1. The number of hydrogen-bond acceptors (Lipinski definition) is 6. The molecule has 0 aliphatic rings. The van der Waals surface area contributed by atoms with Gasteiger partial charge in [-0.05, 0) is 31.4 Å². The van der Waals surface area contributed by atoms with Gasteiger partial charge in [0, 0.05) is 13.6 Å². The fourth-order valence-corrected chi connectivity index (χ4v) is 3.81. The largest absolute Gasteiger partial charge is 0.448 e. The van der Waals surface area contributed by atoms with Gasteiger partial charge in [0.15, 0.2) is 6.10 Å². The van der Waals surface area contributed by atoms with Gasteiger partial charge in [-0.1, -0.05) is 30.3 Å². The molecule has 1 unspecified atom stereocenters. The maximum atomic E-state index is 12.5. The van der Waals surface area contributed by atoms with Gasteiger partial charge in [0.25, 0.3) is 11.5 Å². The molecule has 0 spiro atoms. The third-order valence-electron chi connectivity index (χ3n) is 4.40. The number of hydrogen-bond donors (Lipinski definition) is 1. The van der Waals surface area contributed by atoms with Crippen LogP contribution in [0.15, 0.2) is 41.5 Å². The van der Waals surface area contributed by atoms with Gasteiger partial charge in [-0.2, -0.15) is 0 Å². The van der Waals surface area contributed by atoms with E-state index in [9.17, 15) is 14.4 Å². The molecule has 0 radical (unpaired) electrons. The number of aromatic nitrogens is 2. The van der Waals surface area contributed by atoms with E-state index < -0.39 is 12.1 Å². The number of aryl methyl sites for hydroxylation is 2. The Labute approximate surface area is 166 Å². The van der Waals surface area contributed by atoms with Crippen molar-refractivity contribution in [3.05, 3.63) is 63.0 Å². The Balaban J connectivity index is 1.63. The van der Waals surface area contributed by atoms with Gasteiger partial charge in [-0.15, -0.1) is 11.3 Å². The number of nitrogens with zero attached hydrogens (tertiary/aromatic N) is 2. The maximum absolute atomic E-state index is 12.5. The predicted octanol–water partition coefficient (Wildman–Crippen LogP) is 2.21. The topological polar surface area (TPSA) is 90.3 Å². The van der Waals surface area contributed by atoms with E-state index in [0.717, 1.165) is 16.9 Å². The third kappa shape index (κ3) is 4.12. The summed E-state index contributed by atoms with van der Waals surface area (Å²) in [5.41, 5.74) is 1.42. The lowest BCUT2D eigenvalue weighted by atomic mass is 10.1. The Morgan fingerprint density at radius 2 is 2.00 bits per heavy atom. The van der Waals surface area contributed by atoms with Crippen LogP contribution in [0.2, 0.25) is 0 Å². The second-order valence-corrected chi connectivity index (χ2v) is 7.47. The molecule has 0 saturated carbocycles. The maximum Gasteiger partial charge on any atom is 0.349 e. The van der Waals surface area contributed by atoms with Crippen molar-refractivity contribution in [2.24, 2.45) is 7.05 Å². The van der Waals surface area contributed by atoms with Crippen LogP contribution >= 0.6 is 11.3 Å². The molecule has 1 amide bonds. The van der Waals surface area contributed by atoms with Crippen LogP contribution in [0, 0.1) is 6.92 Å². The molecule has 8 heteroatoms. The monoisotopic (exact) mass is 399 g/mol. The van der Waals surface area contributed by atoms with Gasteiger partial charge in [0.2, 0.25) is 0 Å². The van der Waals surface area contributed by atoms with E-state index in [0.29, 0.717) is 28.7 Å². The summed E-state index contributed by atoms with van der Waals surface area (Å²) in [6.07, 6.45) is 1.17. The molecule has 146 valence electrons. The summed E-state index contributed by atoms with van der Waals surface area (Å²) in [6.45, 7) is 3.66. The van der Waals surface area contributed by atoms with Crippen molar-refractivity contribution in [3.8, 4) is 0 Å². The molecular weight excluding hydrogens is 378 g/mol. The third-order valence-corrected chi connectivity index (χ3v) is 5.58. The lowest BCUT2D eigenvalue weighted by molar-refractivity contribution is -0.129. The van der Waals surface area contributed by atoms with E-state index in [1.807, 2.05) is 30.3 Å². The van der Waals surface area contributed by atoms with Crippen molar-refractivity contribution in [1.82, 2.24) is 14.9 Å². The molecule has 2 heterocycles. The second kappa shape index (κ2) is 8.35. The first-order chi connectivity index (χ1) is 13.4. The Morgan fingerprint density at radius 1 is 1.29 bits per heavy atom. The summed E-state index contributed by atoms with van der Waals surface area (Å²) < 4.78 is 6.67. The molecule has 7 nitrogen and oxygen atoms in total. The van der Waals surface area contributed by atoms with E-state index in [-0.39, 0.29) is 16.3 Å². The molecule has 1 atom stereocenters. The molecule has 0 saturated heterocycles. The van der Waals surface area contributed by atoms with Crippen molar-refractivity contribution in [2.75, 3.05) is 6.54 Å². The van der Waals surface area contributed by atoms with Crippen LogP contribution in [-0.2, 0) is 23.0 Å². The predicted molar refractivity (Wildman–Crippen MR) is 108 cm³/mol. The summed E-state index contributed by atoms with van der Waals surface area (Å²) in [5, 5.41) is 3.17. The summed E-state index contributed by atoms with van der Waals surface area (Å²) in [4.78, 5) is 41.9. The van der Waals surface area contributed by atoms with Gasteiger partial charge in [-0.25, -0.2) is 9.78 Å². The first-order valence-electron chi connectivity index (χ1n) is 8.86. The van der Waals surface area contributed by atoms with Crippen LogP contribution in [0.25, 0.3) is 10.2 Å². The Morgan fingerprint density at radius 3 is 2.71 bits per heavy atom. The normalized spacial score (nSPS) is 12.0. The quantitative estimate of drug-likeness (QED) is 0.642. The number of amides is 1. The zero-order valence-corrected chi connectivity index (χ0v) is 16.7. The fourth-order valence-electron chi connectivity index (χ4n) is 2.79. The highest BCUT2D eigenvalue weighted by molar-refractivity contribution is 7.20. The molecule has 1 aromatic carbocycles. The highest BCUT2D eigenvalue weighted by Crippen LogP contribution is 2.27. The van der Waals surface area contributed by atoms with Gasteiger partial charge >= 0.3 is 5.97 Å². The molecule has 2 aromatic heterocycles. The smallest absolute Gasteiger partial charge is 0.349 e. The van der Waals surface area contributed by atoms with Crippen molar-refractivity contribution >= 4 is 33.4 Å². The number of fused-ring (bicyclic) bond motifs is 1. The molecule has 3 aromatic rings. The van der Waals surface area contributed by atoms with Gasteiger partial charge < -0.3 is 14.6 Å². The van der Waals surface area contributed by atoms with Crippen LogP contribution in [0.1, 0.15) is 27.7 Å². The average Bonchev–Trinajstić information content (AvgIpc) is 3.02. The summed E-state index contributed by atoms with van der Waals surface area (Å²) in [7, 11) is 1.60. The van der Waals surface area contributed by atoms with E-state index >= 15 is 0 Å². The van der Waals surface area contributed by atoms with Crippen LogP contribution in [0.5, 0.6) is 0 Å². The van der Waals surface area contributed by atoms with E-state index in [1.54, 1.807) is 14.0 Å².